The number of sulfonamides is 2. The molecular weight excluding hydrogens is 522 g/mol. The van der Waals surface area contributed by atoms with Crippen molar-refractivity contribution in [2.45, 2.75) is 31.4 Å². The average Bonchev–Trinajstić information content (AvgIpc) is 2.86. The Bertz CT molecular complexity index is 1290. The molecule has 0 aliphatic carbocycles. The van der Waals surface area contributed by atoms with Gasteiger partial charge in [-0.15, -0.1) is 0 Å². The molecular formula is C24H33N3O8S2. The number of rotatable bonds is 11. The van der Waals surface area contributed by atoms with Crippen LogP contribution in [0.4, 0.5) is 5.69 Å². The molecule has 1 N–H and O–H groups in total. The van der Waals surface area contributed by atoms with E-state index in [9.17, 15) is 21.6 Å². The number of ether oxygens (including phenoxy) is 3. The summed E-state index contributed by atoms with van der Waals surface area (Å²) >= 11 is 0. The molecule has 3 rings (SSSR count). The molecule has 1 heterocycles. The standard InChI is InChI=1S/C24H33N3O8S2/c1-18(2)35-22-10-5-19(15-23(22)33-3)16-25-24(28)17-27(36(4,29)30)20-6-8-21(9-7-20)37(31,32)26-11-13-34-14-12-26/h5-10,15,18H,11-14,16-17H2,1-4H3,(H,25,28). The van der Waals surface area contributed by atoms with E-state index in [1.54, 1.807) is 18.2 Å². The van der Waals surface area contributed by atoms with Crippen LogP contribution >= 0.6 is 0 Å². The Labute approximate surface area is 218 Å². The van der Waals surface area contributed by atoms with Gasteiger partial charge in [0.05, 0.1) is 43.3 Å². The minimum Gasteiger partial charge on any atom is -0.493 e. The van der Waals surface area contributed by atoms with E-state index in [0.29, 0.717) is 24.7 Å². The molecule has 11 nitrogen and oxygen atoms in total. The van der Waals surface area contributed by atoms with Gasteiger partial charge in [-0.05, 0) is 55.8 Å². The zero-order valence-corrected chi connectivity index (χ0v) is 23.0. The lowest BCUT2D eigenvalue weighted by atomic mass is 10.2. The lowest BCUT2D eigenvalue weighted by molar-refractivity contribution is -0.119. The maximum Gasteiger partial charge on any atom is 0.243 e. The van der Waals surface area contributed by atoms with E-state index < -0.39 is 32.5 Å². The van der Waals surface area contributed by atoms with E-state index in [-0.39, 0.29) is 36.3 Å². The van der Waals surface area contributed by atoms with E-state index in [0.717, 1.165) is 16.1 Å². The molecule has 2 aromatic carbocycles. The maximum atomic E-state index is 12.8. The Balaban J connectivity index is 1.69. The summed E-state index contributed by atoms with van der Waals surface area (Å²) in [6.07, 6.45) is 0.951. The molecule has 0 aromatic heterocycles. The van der Waals surface area contributed by atoms with Gasteiger partial charge in [-0.25, -0.2) is 16.8 Å². The van der Waals surface area contributed by atoms with Crippen molar-refractivity contribution in [3.05, 3.63) is 48.0 Å². The van der Waals surface area contributed by atoms with Crippen LogP contribution in [-0.2, 0) is 36.1 Å². The largest absolute Gasteiger partial charge is 0.493 e. The van der Waals surface area contributed by atoms with Crippen molar-refractivity contribution in [3.8, 4) is 11.5 Å². The van der Waals surface area contributed by atoms with Crippen molar-refractivity contribution in [2.24, 2.45) is 0 Å². The quantitative estimate of drug-likeness (QED) is 0.442. The van der Waals surface area contributed by atoms with Crippen LogP contribution in [-0.4, -0.2) is 79.4 Å². The molecule has 0 radical (unpaired) electrons. The highest BCUT2D eigenvalue weighted by atomic mass is 32.2. The Hall–Kier alpha value is -2.87. The summed E-state index contributed by atoms with van der Waals surface area (Å²) in [6, 6.07) is 10.7. The number of anilines is 1. The molecule has 1 aliphatic heterocycles. The second-order valence-electron chi connectivity index (χ2n) is 8.71. The van der Waals surface area contributed by atoms with Gasteiger partial charge >= 0.3 is 0 Å². The van der Waals surface area contributed by atoms with Crippen molar-refractivity contribution in [1.29, 1.82) is 0 Å². The Morgan fingerprint density at radius 3 is 2.27 bits per heavy atom. The van der Waals surface area contributed by atoms with Gasteiger partial charge in [0.15, 0.2) is 11.5 Å². The molecule has 13 heteroatoms. The first kappa shape index (κ1) is 28.7. The number of methoxy groups -OCH3 is 1. The first-order chi connectivity index (χ1) is 17.4. The first-order valence-electron chi connectivity index (χ1n) is 11.7. The first-order valence-corrected chi connectivity index (χ1v) is 15.0. The number of hydrogen-bond acceptors (Lipinski definition) is 8. The van der Waals surface area contributed by atoms with Gasteiger partial charge < -0.3 is 19.5 Å². The van der Waals surface area contributed by atoms with E-state index in [1.165, 1.54) is 35.7 Å². The third kappa shape index (κ3) is 7.57. The van der Waals surface area contributed by atoms with Crippen LogP contribution in [0.5, 0.6) is 11.5 Å². The maximum absolute atomic E-state index is 12.8. The van der Waals surface area contributed by atoms with Crippen LogP contribution in [0.1, 0.15) is 19.4 Å². The van der Waals surface area contributed by atoms with Crippen molar-refractivity contribution < 1.29 is 35.8 Å². The Morgan fingerprint density at radius 2 is 1.70 bits per heavy atom. The molecule has 2 aromatic rings. The number of morpholine rings is 1. The fraction of sp³-hybridized carbons (Fsp3) is 0.458. The molecule has 1 amide bonds. The highest BCUT2D eigenvalue weighted by molar-refractivity contribution is 7.92. The second kappa shape index (κ2) is 12.1. The molecule has 0 unspecified atom stereocenters. The predicted octanol–water partition coefficient (Wildman–Crippen LogP) is 1.59. The number of nitrogens with one attached hydrogen (secondary N) is 1. The minimum absolute atomic E-state index is 0.0324. The average molecular weight is 556 g/mol. The Kier molecular flexibility index (Phi) is 9.40. The van der Waals surface area contributed by atoms with Crippen LogP contribution in [0, 0.1) is 0 Å². The molecule has 0 spiro atoms. The molecule has 1 fully saturated rings. The van der Waals surface area contributed by atoms with Crippen LogP contribution in [0.2, 0.25) is 0 Å². The predicted molar refractivity (Wildman–Crippen MR) is 139 cm³/mol. The normalized spacial score (nSPS) is 14.8. The van der Waals surface area contributed by atoms with Gasteiger partial charge in [0.25, 0.3) is 0 Å². The van der Waals surface area contributed by atoms with Crippen molar-refractivity contribution in [1.82, 2.24) is 9.62 Å². The SMILES string of the molecule is COc1cc(CNC(=O)CN(c2ccc(S(=O)(=O)N3CCOCC3)cc2)S(C)(=O)=O)ccc1OC(C)C. The van der Waals surface area contributed by atoms with Crippen LogP contribution in [0.15, 0.2) is 47.4 Å². The monoisotopic (exact) mass is 555 g/mol. The fourth-order valence-electron chi connectivity index (χ4n) is 3.68. The van der Waals surface area contributed by atoms with Gasteiger partial charge in [-0.2, -0.15) is 4.31 Å². The zero-order chi connectivity index (χ0) is 27.2. The third-order valence-electron chi connectivity index (χ3n) is 5.50. The van der Waals surface area contributed by atoms with Gasteiger partial charge in [-0.1, -0.05) is 6.07 Å². The molecule has 0 atom stereocenters. The van der Waals surface area contributed by atoms with Crippen LogP contribution in [0.25, 0.3) is 0 Å². The summed E-state index contributed by atoms with van der Waals surface area (Å²) < 4.78 is 69.1. The number of benzene rings is 2. The number of amides is 1. The topological polar surface area (TPSA) is 132 Å². The summed E-state index contributed by atoms with van der Waals surface area (Å²) in [7, 11) is -6.04. The molecule has 0 bridgehead atoms. The number of carbonyl (C=O) groups is 1. The summed E-state index contributed by atoms with van der Waals surface area (Å²) in [4.78, 5) is 12.7. The van der Waals surface area contributed by atoms with E-state index in [4.69, 9.17) is 14.2 Å². The van der Waals surface area contributed by atoms with Gasteiger partial charge in [0.1, 0.15) is 6.54 Å². The van der Waals surface area contributed by atoms with Crippen molar-refractivity contribution >= 4 is 31.6 Å². The van der Waals surface area contributed by atoms with Crippen LogP contribution < -0.4 is 19.1 Å². The second-order valence-corrected chi connectivity index (χ2v) is 12.6. The number of carbonyl (C=O) groups excluding carboxylic acids is 1. The Morgan fingerprint density at radius 1 is 1.05 bits per heavy atom. The minimum atomic E-state index is -3.83. The zero-order valence-electron chi connectivity index (χ0n) is 21.3. The van der Waals surface area contributed by atoms with Gasteiger partial charge in [-0.3, -0.25) is 9.10 Å². The van der Waals surface area contributed by atoms with Crippen LogP contribution in [0.3, 0.4) is 0 Å². The number of nitrogens with zero attached hydrogens (tertiary/aromatic N) is 2. The van der Waals surface area contributed by atoms with Crippen molar-refractivity contribution in [3.63, 3.8) is 0 Å². The molecule has 1 saturated heterocycles. The van der Waals surface area contributed by atoms with Gasteiger partial charge in [0, 0.05) is 19.6 Å². The summed E-state index contributed by atoms with van der Waals surface area (Å²) in [5, 5.41) is 2.71. The van der Waals surface area contributed by atoms with E-state index in [1.807, 2.05) is 13.8 Å². The van der Waals surface area contributed by atoms with Crippen molar-refractivity contribution in [2.75, 3.05) is 50.5 Å². The molecule has 37 heavy (non-hydrogen) atoms. The third-order valence-corrected chi connectivity index (χ3v) is 8.55. The highest BCUT2D eigenvalue weighted by Gasteiger charge is 2.27. The summed E-state index contributed by atoms with van der Waals surface area (Å²) in [5.74, 6) is 0.567. The summed E-state index contributed by atoms with van der Waals surface area (Å²) in [6.45, 7) is 4.60. The lowest BCUT2D eigenvalue weighted by Crippen LogP contribution is -2.41. The molecule has 0 saturated carbocycles. The molecule has 204 valence electrons. The summed E-state index contributed by atoms with van der Waals surface area (Å²) in [5.41, 5.74) is 0.917. The van der Waals surface area contributed by atoms with Gasteiger partial charge in [0.2, 0.25) is 26.0 Å². The highest BCUT2D eigenvalue weighted by Crippen LogP contribution is 2.29. The smallest absolute Gasteiger partial charge is 0.243 e. The van der Waals surface area contributed by atoms with E-state index >= 15 is 0 Å². The number of hydrogen-bond donors (Lipinski definition) is 1. The lowest BCUT2D eigenvalue weighted by Gasteiger charge is -2.26. The fourth-order valence-corrected chi connectivity index (χ4v) is 5.95. The van der Waals surface area contributed by atoms with E-state index in [2.05, 4.69) is 5.32 Å². The molecule has 1 aliphatic rings.